The average molecular weight is 333 g/mol. The van der Waals surface area contributed by atoms with E-state index in [0.717, 1.165) is 36.5 Å². The van der Waals surface area contributed by atoms with Crippen molar-refractivity contribution in [3.8, 4) is 0 Å². The predicted octanol–water partition coefficient (Wildman–Crippen LogP) is 4.55. The van der Waals surface area contributed by atoms with Crippen molar-refractivity contribution in [2.75, 3.05) is 0 Å². The summed E-state index contributed by atoms with van der Waals surface area (Å²) in [6, 6.07) is 0. The van der Waals surface area contributed by atoms with Crippen LogP contribution in [0.2, 0.25) is 0 Å². The smallest absolute Gasteiger partial charge is 0.0548 e. The van der Waals surface area contributed by atoms with Gasteiger partial charge in [-0.05, 0) is 105 Å². The summed E-state index contributed by atoms with van der Waals surface area (Å²) < 4.78 is 0. The molecule has 0 aromatic carbocycles. The van der Waals surface area contributed by atoms with Gasteiger partial charge in [0.15, 0.2) is 0 Å². The Bertz CT molecular complexity index is 500. The van der Waals surface area contributed by atoms with Crippen LogP contribution >= 0.6 is 0 Å². The molecule has 0 amide bonds. The van der Waals surface area contributed by atoms with Crippen LogP contribution in [0.3, 0.4) is 0 Å². The molecule has 0 aromatic rings. The number of aliphatic hydroxyl groups excluding tert-OH is 2. The molecule has 9 atom stereocenters. The highest BCUT2D eigenvalue weighted by Crippen LogP contribution is 2.68. The van der Waals surface area contributed by atoms with Gasteiger partial charge >= 0.3 is 0 Å². The van der Waals surface area contributed by atoms with Gasteiger partial charge in [-0.3, -0.25) is 0 Å². The second-order valence-corrected chi connectivity index (χ2v) is 9.86. The van der Waals surface area contributed by atoms with Gasteiger partial charge in [-0.15, -0.1) is 6.58 Å². The fourth-order valence-electron chi connectivity index (χ4n) is 8.10. The van der Waals surface area contributed by atoms with Crippen molar-refractivity contribution in [2.24, 2.45) is 40.4 Å². The normalized spacial score (nSPS) is 55.2. The second-order valence-electron chi connectivity index (χ2n) is 9.86. The van der Waals surface area contributed by atoms with Crippen LogP contribution in [0.25, 0.3) is 0 Å². The lowest BCUT2D eigenvalue weighted by Crippen LogP contribution is -2.54. The van der Waals surface area contributed by atoms with Crippen LogP contribution in [0.15, 0.2) is 12.7 Å². The van der Waals surface area contributed by atoms with E-state index in [1.165, 1.54) is 44.9 Å². The first kappa shape index (κ1) is 17.1. The molecule has 0 saturated heterocycles. The van der Waals surface area contributed by atoms with Gasteiger partial charge in [0, 0.05) is 0 Å². The van der Waals surface area contributed by atoms with E-state index < -0.39 is 0 Å². The third kappa shape index (κ3) is 2.21. The predicted molar refractivity (Wildman–Crippen MR) is 97.4 cm³/mol. The first-order valence-electron chi connectivity index (χ1n) is 10.4. The van der Waals surface area contributed by atoms with E-state index in [1.54, 1.807) is 0 Å². The van der Waals surface area contributed by atoms with Gasteiger partial charge in [-0.2, -0.15) is 0 Å². The topological polar surface area (TPSA) is 40.5 Å². The number of hydrogen-bond donors (Lipinski definition) is 2. The average Bonchev–Trinajstić information content (AvgIpc) is 2.95. The largest absolute Gasteiger partial charge is 0.393 e. The van der Waals surface area contributed by atoms with Gasteiger partial charge in [-0.1, -0.05) is 13.0 Å². The zero-order chi connectivity index (χ0) is 17.1. The lowest BCUT2D eigenvalue weighted by Gasteiger charge is -2.61. The van der Waals surface area contributed by atoms with Crippen molar-refractivity contribution in [2.45, 2.75) is 83.8 Å². The van der Waals surface area contributed by atoms with E-state index in [4.69, 9.17) is 0 Å². The third-order valence-electron chi connectivity index (χ3n) is 9.25. The van der Waals surface area contributed by atoms with Crippen LogP contribution in [0.4, 0.5) is 0 Å². The van der Waals surface area contributed by atoms with Gasteiger partial charge in [0.25, 0.3) is 0 Å². The Morgan fingerprint density at radius 1 is 1.04 bits per heavy atom. The van der Waals surface area contributed by atoms with Crippen LogP contribution in [-0.4, -0.2) is 22.4 Å². The molecular formula is C22H36O2. The molecule has 0 aliphatic heterocycles. The van der Waals surface area contributed by atoms with Crippen molar-refractivity contribution in [3.63, 3.8) is 0 Å². The molecule has 136 valence electrons. The first-order valence-corrected chi connectivity index (χ1v) is 10.4. The van der Waals surface area contributed by atoms with E-state index in [2.05, 4.69) is 19.6 Å². The summed E-state index contributed by atoms with van der Waals surface area (Å²) in [5.41, 5.74) is 0.630. The summed E-state index contributed by atoms with van der Waals surface area (Å²) in [7, 11) is 0. The van der Waals surface area contributed by atoms with Gasteiger partial charge in [0.05, 0.1) is 12.2 Å². The van der Waals surface area contributed by atoms with Crippen molar-refractivity contribution in [3.05, 3.63) is 12.7 Å². The van der Waals surface area contributed by atoms with Gasteiger partial charge in [0.1, 0.15) is 0 Å². The highest BCUT2D eigenvalue weighted by Gasteiger charge is 2.61. The standard InChI is InChI=1S/C22H36O2/c1-4-22-12-10-19-17(20(22)8-7-18(22)14(2)23)6-5-15-13-16(24)9-11-21(15,19)3/h4,14-20,23-24H,1,5-13H2,2-3H3/t14?,15-,16+,17+,18?,19-,20-,21-,22+/m0/s1. The van der Waals surface area contributed by atoms with Gasteiger partial charge < -0.3 is 10.2 Å². The molecule has 4 aliphatic carbocycles. The van der Waals surface area contributed by atoms with Gasteiger partial charge in [-0.25, -0.2) is 0 Å². The van der Waals surface area contributed by atoms with E-state index in [9.17, 15) is 10.2 Å². The van der Waals surface area contributed by atoms with Crippen LogP contribution in [-0.2, 0) is 0 Å². The van der Waals surface area contributed by atoms with E-state index in [0.29, 0.717) is 11.3 Å². The molecule has 2 N–H and O–H groups in total. The Balaban J connectivity index is 1.64. The molecular weight excluding hydrogens is 296 g/mol. The Morgan fingerprint density at radius 2 is 1.83 bits per heavy atom. The second kappa shape index (κ2) is 5.84. The minimum absolute atomic E-state index is 0.0541. The highest BCUT2D eigenvalue weighted by molar-refractivity contribution is 5.16. The fraction of sp³-hybridized carbons (Fsp3) is 0.909. The fourth-order valence-corrected chi connectivity index (χ4v) is 8.10. The maximum absolute atomic E-state index is 10.4. The summed E-state index contributed by atoms with van der Waals surface area (Å²) in [4.78, 5) is 0. The molecule has 2 unspecified atom stereocenters. The third-order valence-corrected chi connectivity index (χ3v) is 9.25. The van der Waals surface area contributed by atoms with Crippen molar-refractivity contribution in [1.82, 2.24) is 0 Å². The number of aliphatic hydroxyl groups is 2. The molecule has 2 nitrogen and oxygen atoms in total. The molecule has 4 fully saturated rings. The Labute approximate surface area is 147 Å². The van der Waals surface area contributed by atoms with Gasteiger partial charge in [0.2, 0.25) is 0 Å². The van der Waals surface area contributed by atoms with Crippen LogP contribution in [0, 0.1) is 40.4 Å². The maximum Gasteiger partial charge on any atom is 0.0548 e. The van der Waals surface area contributed by atoms with Crippen molar-refractivity contribution < 1.29 is 10.2 Å². The highest BCUT2D eigenvalue weighted by atomic mass is 16.3. The molecule has 0 bridgehead atoms. The first-order chi connectivity index (χ1) is 11.4. The Morgan fingerprint density at radius 3 is 2.54 bits per heavy atom. The summed E-state index contributed by atoms with van der Waals surface area (Å²) in [5, 5.41) is 20.5. The molecule has 24 heavy (non-hydrogen) atoms. The zero-order valence-corrected chi connectivity index (χ0v) is 15.6. The summed E-state index contributed by atoms with van der Waals surface area (Å²) >= 11 is 0. The minimum atomic E-state index is -0.207. The van der Waals surface area contributed by atoms with Crippen LogP contribution in [0.5, 0.6) is 0 Å². The number of allylic oxidation sites excluding steroid dienone is 1. The number of rotatable bonds is 2. The van der Waals surface area contributed by atoms with E-state index >= 15 is 0 Å². The molecule has 0 aromatic heterocycles. The maximum atomic E-state index is 10.4. The molecule has 4 aliphatic rings. The molecule has 4 saturated carbocycles. The number of hydrogen-bond acceptors (Lipinski definition) is 2. The monoisotopic (exact) mass is 332 g/mol. The van der Waals surface area contributed by atoms with Crippen molar-refractivity contribution in [1.29, 1.82) is 0 Å². The van der Waals surface area contributed by atoms with Crippen molar-refractivity contribution >= 4 is 0 Å². The van der Waals surface area contributed by atoms with E-state index in [-0.39, 0.29) is 17.6 Å². The summed E-state index contributed by atoms with van der Waals surface area (Å²) in [5.74, 6) is 3.52. The molecule has 0 spiro atoms. The Kier molecular flexibility index (Phi) is 4.16. The van der Waals surface area contributed by atoms with E-state index in [1.807, 2.05) is 6.92 Å². The molecule has 4 rings (SSSR count). The quantitative estimate of drug-likeness (QED) is 0.728. The number of fused-ring (bicyclic) bond motifs is 5. The minimum Gasteiger partial charge on any atom is -0.393 e. The zero-order valence-electron chi connectivity index (χ0n) is 15.6. The Hall–Kier alpha value is -0.340. The molecule has 0 heterocycles. The lowest BCUT2D eigenvalue weighted by molar-refractivity contribution is -0.125. The van der Waals surface area contributed by atoms with Crippen LogP contribution < -0.4 is 0 Å². The SMILES string of the molecule is C=C[C@]12CC[C@H]3[C@@H](CC[C@H]4C[C@H](O)CC[C@@]43C)[C@@H]1CCC2C(C)O. The summed E-state index contributed by atoms with van der Waals surface area (Å²) in [6.07, 6.45) is 12.9. The molecule has 2 heteroatoms. The lowest BCUT2D eigenvalue weighted by atomic mass is 9.44. The molecule has 0 radical (unpaired) electrons. The summed E-state index contributed by atoms with van der Waals surface area (Å²) in [6.45, 7) is 8.79. The van der Waals surface area contributed by atoms with Crippen LogP contribution in [0.1, 0.15) is 71.6 Å².